The number of benzene rings is 1. The zero-order chi connectivity index (χ0) is 14.8. The van der Waals surface area contributed by atoms with Crippen LogP contribution in [0.25, 0.3) is 0 Å². The smallest absolute Gasteiger partial charge is 0.264 e. The highest BCUT2D eigenvalue weighted by Crippen LogP contribution is 2.50. The number of methoxy groups -OCH3 is 2. The number of nitrogens with zero attached hydrogens (tertiary/aromatic N) is 1. The van der Waals surface area contributed by atoms with E-state index < -0.39 is 12.0 Å². The number of halogens is 2. The molecule has 1 fully saturated rings. The molecule has 1 aromatic rings. The van der Waals surface area contributed by atoms with E-state index in [1.54, 1.807) is 0 Å². The summed E-state index contributed by atoms with van der Waals surface area (Å²) in [4.78, 5) is 14.4. The van der Waals surface area contributed by atoms with Crippen molar-refractivity contribution < 1.29 is 23.0 Å². The number of aliphatic imine (C=N–C) groups is 1. The predicted octanol–water partition coefficient (Wildman–Crippen LogP) is 3.36. The van der Waals surface area contributed by atoms with Gasteiger partial charge in [0.2, 0.25) is 6.08 Å². The number of alkyl halides is 2. The van der Waals surface area contributed by atoms with Gasteiger partial charge in [-0.05, 0) is 37.0 Å². The van der Waals surface area contributed by atoms with Crippen LogP contribution in [0.3, 0.4) is 0 Å². The fourth-order valence-corrected chi connectivity index (χ4v) is 2.52. The van der Waals surface area contributed by atoms with Crippen molar-refractivity contribution in [2.24, 2.45) is 4.99 Å². The molecule has 0 heterocycles. The van der Waals surface area contributed by atoms with Gasteiger partial charge in [0.05, 0.1) is 19.8 Å². The van der Waals surface area contributed by atoms with Crippen molar-refractivity contribution >= 4 is 6.08 Å². The Kier molecular flexibility index (Phi) is 4.04. The Morgan fingerprint density at radius 1 is 1.25 bits per heavy atom. The van der Waals surface area contributed by atoms with Crippen LogP contribution >= 0.6 is 0 Å². The number of hydrogen-bond acceptors (Lipinski definition) is 4. The predicted molar refractivity (Wildman–Crippen MR) is 68.2 cm³/mol. The molecule has 0 radical (unpaired) electrons. The summed E-state index contributed by atoms with van der Waals surface area (Å²) < 4.78 is 36.7. The molecule has 0 N–H and O–H groups in total. The summed E-state index contributed by atoms with van der Waals surface area (Å²) in [6.45, 7) is 0. The average molecular weight is 283 g/mol. The number of isocyanates is 1. The summed E-state index contributed by atoms with van der Waals surface area (Å²) in [6, 6.07) is 2.74. The molecule has 1 aliphatic carbocycles. The Labute approximate surface area is 115 Å². The molecule has 0 amide bonds. The Bertz CT molecular complexity index is 550. The second kappa shape index (κ2) is 5.59. The fraction of sp³-hybridized carbons (Fsp3) is 0.500. The van der Waals surface area contributed by atoms with E-state index in [0.29, 0.717) is 24.2 Å². The number of ether oxygens (including phenoxy) is 2. The van der Waals surface area contributed by atoms with Gasteiger partial charge in [-0.1, -0.05) is 0 Å². The van der Waals surface area contributed by atoms with Crippen LogP contribution in [0.15, 0.2) is 17.1 Å². The standard InChI is InChI=1S/C14H15F2NO3/c1-19-11-6-9(13(15)16)10(7-12(11)20-2)14(17-8-18)4-3-5-14/h6-7,13H,3-5H2,1-2H3. The van der Waals surface area contributed by atoms with Gasteiger partial charge in [0.1, 0.15) is 0 Å². The first-order chi connectivity index (χ1) is 9.57. The molecular weight excluding hydrogens is 268 g/mol. The Morgan fingerprint density at radius 2 is 1.85 bits per heavy atom. The average Bonchev–Trinajstić information content (AvgIpc) is 2.41. The van der Waals surface area contributed by atoms with E-state index in [1.165, 1.54) is 32.4 Å². The van der Waals surface area contributed by atoms with Gasteiger partial charge >= 0.3 is 0 Å². The van der Waals surface area contributed by atoms with E-state index in [1.807, 2.05) is 0 Å². The number of carbonyl (C=O) groups excluding carboxylic acids is 1. The van der Waals surface area contributed by atoms with Gasteiger partial charge in [0.25, 0.3) is 6.43 Å². The van der Waals surface area contributed by atoms with Gasteiger partial charge in [0.15, 0.2) is 11.5 Å². The van der Waals surface area contributed by atoms with E-state index in [-0.39, 0.29) is 11.3 Å². The Morgan fingerprint density at radius 3 is 2.25 bits per heavy atom. The molecule has 0 aliphatic heterocycles. The summed E-state index contributed by atoms with van der Waals surface area (Å²) >= 11 is 0. The highest BCUT2D eigenvalue weighted by molar-refractivity contribution is 5.52. The monoisotopic (exact) mass is 283 g/mol. The SMILES string of the molecule is COc1cc(C(F)F)c(C2(N=C=O)CCC2)cc1OC. The third-order valence-electron chi connectivity index (χ3n) is 3.73. The second-order valence-electron chi connectivity index (χ2n) is 4.68. The molecule has 2 rings (SSSR count). The molecule has 0 bridgehead atoms. The largest absolute Gasteiger partial charge is 0.493 e. The van der Waals surface area contributed by atoms with Crippen LogP contribution in [0.1, 0.15) is 36.8 Å². The molecule has 1 saturated carbocycles. The van der Waals surface area contributed by atoms with Crippen molar-refractivity contribution in [3.8, 4) is 11.5 Å². The first kappa shape index (κ1) is 14.5. The molecule has 0 unspecified atom stereocenters. The lowest BCUT2D eigenvalue weighted by atomic mass is 9.71. The zero-order valence-electron chi connectivity index (χ0n) is 11.3. The van der Waals surface area contributed by atoms with E-state index >= 15 is 0 Å². The Hall–Kier alpha value is -1.94. The first-order valence-electron chi connectivity index (χ1n) is 6.21. The van der Waals surface area contributed by atoms with Gasteiger partial charge in [-0.2, -0.15) is 4.99 Å². The van der Waals surface area contributed by atoms with E-state index in [2.05, 4.69) is 4.99 Å². The lowest BCUT2D eigenvalue weighted by Crippen LogP contribution is -2.33. The summed E-state index contributed by atoms with van der Waals surface area (Å²) in [5.41, 5.74) is -0.756. The van der Waals surface area contributed by atoms with Crippen LogP contribution in [0, 0.1) is 0 Å². The van der Waals surface area contributed by atoms with Crippen LogP contribution in [0.5, 0.6) is 11.5 Å². The molecule has 0 atom stereocenters. The molecule has 6 heteroatoms. The summed E-state index contributed by atoms with van der Waals surface area (Å²) in [5.74, 6) is 0.579. The zero-order valence-corrected chi connectivity index (χ0v) is 11.3. The molecule has 1 aromatic carbocycles. The van der Waals surface area contributed by atoms with Crippen LogP contribution in [0.2, 0.25) is 0 Å². The van der Waals surface area contributed by atoms with Crippen molar-refractivity contribution in [3.05, 3.63) is 23.3 Å². The van der Waals surface area contributed by atoms with Gasteiger partial charge in [-0.15, -0.1) is 0 Å². The minimum atomic E-state index is -2.68. The number of hydrogen-bond donors (Lipinski definition) is 0. The van der Waals surface area contributed by atoms with E-state index in [0.717, 1.165) is 6.42 Å². The lowest BCUT2D eigenvalue weighted by molar-refractivity contribution is 0.143. The van der Waals surface area contributed by atoms with Crippen molar-refractivity contribution in [2.45, 2.75) is 31.2 Å². The minimum absolute atomic E-state index is 0.179. The maximum Gasteiger partial charge on any atom is 0.264 e. The van der Waals surface area contributed by atoms with Crippen molar-refractivity contribution in [2.75, 3.05) is 14.2 Å². The Balaban J connectivity index is 2.63. The normalized spacial score (nSPS) is 16.2. The van der Waals surface area contributed by atoms with Crippen LogP contribution in [-0.2, 0) is 10.3 Å². The summed E-state index contributed by atoms with van der Waals surface area (Å²) in [5, 5.41) is 0. The number of rotatable bonds is 5. The van der Waals surface area contributed by atoms with Crippen LogP contribution < -0.4 is 9.47 Å². The first-order valence-corrected chi connectivity index (χ1v) is 6.21. The van der Waals surface area contributed by atoms with Crippen LogP contribution in [0.4, 0.5) is 8.78 Å². The molecule has 0 spiro atoms. The summed E-state index contributed by atoms with van der Waals surface area (Å²) in [7, 11) is 2.82. The molecule has 0 saturated heterocycles. The second-order valence-corrected chi connectivity index (χ2v) is 4.68. The molecule has 20 heavy (non-hydrogen) atoms. The van der Waals surface area contributed by atoms with Crippen LogP contribution in [-0.4, -0.2) is 20.3 Å². The maximum absolute atomic E-state index is 13.3. The van der Waals surface area contributed by atoms with Gasteiger partial charge < -0.3 is 9.47 Å². The maximum atomic E-state index is 13.3. The minimum Gasteiger partial charge on any atom is -0.493 e. The van der Waals surface area contributed by atoms with Gasteiger partial charge in [-0.3, -0.25) is 0 Å². The molecular formula is C14H15F2NO3. The molecule has 108 valence electrons. The molecule has 4 nitrogen and oxygen atoms in total. The van der Waals surface area contributed by atoms with Crippen molar-refractivity contribution in [1.29, 1.82) is 0 Å². The van der Waals surface area contributed by atoms with E-state index in [4.69, 9.17) is 9.47 Å². The molecule has 1 aliphatic rings. The topological polar surface area (TPSA) is 47.9 Å². The molecule has 0 aromatic heterocycles. The highest BCUT2D eigenvalue weighted by atomic mass is 19.3. The fourth-order valence-electron chi connectivity index (χ4n) is 2.52. The highest BCUT2D eigenvalue weighted by Gasteiger charge is 2.42. The lowest BCUT2D eigenvalue weighted by Gasteiger charge is -2.38. The van der Waals surface area contributed by atoms with Crippen molar-refractivity contribution in [3.63, 3.8) is 0 Å². The van der Waals surface area contributed by atoms with Gasteiger partial charge in [-0.25, -0.2) is 13.6 Å². The quantitative estimate of drug-likeness (QED) is 0.615. The summed E-state index contributed by atoms with van der Waals surface area (Å²) in [6.07, 6.45) is 0.764. The third kappa shape index (κ3) is 2.27. The van der Waals surface area contributed by atoms with Gasteiger partial charge in [0, 0.05) is 5.56 Å². The van der Waals surface area contributed by atoms with Crippen molar-refractivity contribution in [1.82, 2.24) is 0 Å². The third-order valence-corrected chi connectivity index (χ3v) is 3.73. The van der Waals surface area contributed by atoms with E-state index in [9.17, 15) is 13.6 Å².